The quantitative estimate of drug-likeness (QED) is 0.527. The maximum absolute atomic E-state index is 12.5. The molecule has 0 unspecified atom stereocenters. The van der Waals surface area contributed by atoms with Crippen LogP contribution in [0, 0.1) is 6.92 Å². The Morgan fingerprint density at radius 2 is 1.89 bits per heavy atom. The first-order valence-electron chi connectivity index (χ1n) is 7.86. The lowest BCUT2D eigenvalue weighted by atomic mass is 10.2. The molecule has 27 heavy (non-hydrogen) atoms. The monoisotopic (exact) mass is 370 g/mol. The number of alkyl halides is 2. The van der Waals surface area contributed by atoms with Crippen LogP contribution in [0.15, 0.2) is 41.1 Å². The fourth-order valence-electron chi connectivity index (χ4n) is 2.28. The van der Waals surface area contributed by atoms with Crippen molar-refractivity contribution in [1.82, 2.24) is 40.4 Å². The predicted molar refractivity (Wildman–Crippen MR) is 87.4 cm³/mol. The Labute approximate surface area is 151 Å². The molecule has 0 aliphatic carbocycles. The van der Waals surface area contributed by atoms with E-state index in [4.69, 9.17) is 4.42 Å². The molecule has 0 saturated carbocycles. The summed E-state index contributed by atoms with van der Waals surface area (Å²) in [6.07, 6.45) is 0.675. The average Bonchev–Trinajstić information content (AvgIpc) is 3.33. The van der Waals surface area contributed by atoms with Gasteiger partial charge >= 0.3 is 6.43 Å². The summed E-state index contributed by atoms with van der Waals surface area (Å²) in [6.45, 7) is 2.25. The van der Waals surface area contributed by atoms with Gasteiger partial charge in [-0.15, -0.1) is 20.4 Å². The summed E-state index contributed by atoms with van der Waals surface area (Å²) in [6, 6.07) is 7.05. The zero-order valence-corrected chi connectivity index (χ0v) is 14.0. The van der Waals surface area contributed by atoms with Crippen LogP contribution in [0.4, 0.5) is 8.78 Å². The second kappa shape index (κ2) is 6.94. The van der Waals surface area contributed by atoms with Crippen LogP contribution in [0.2, 0.25) is 0 Å². The molecule has 0 saturated heterocycles. The SMILES string of the molecule is Cc1ccc(-c2cn(Cc3ccc(-c4nnc(C(F)F)o4)nn3)nn2)cn1. The molecule has 0 aliphatic rings. The first-order valence-corrected chi connectivity index (χ1v) is 7.86. The molecular weight excluding hydrogens is 358 g/mol. The number of hydrogen-bond donors (Lipinski definition) is 0. The second-order valence-electron chi connectivity index (χ2n) is 5.65. The number of nitrogens with zero attached hydrogens (tertiary/aromatic N) is 8. The highest BCUT2D eigenvalue weighted by Gasteiger charge is 2.18. The molecule has 0 aliphatic heterocycles. The summed E-state index contributed by atoms with van der Waals surface area (Å²) in [5.41, 5.74) is 3.29. The fourth-order valence-corrected chi connectivity index (χ4v) is 2.28. The van der Waals surface area contributed by atoms with Crippen LogP contribution in [0.1, 0.15) is 23.7 Å². The lowest BCUT2D eigenvalue weighted by molar-refractivity contribution is 0.116. The van der Waals surface area contributed by atoms with Gasteiger partial charge in [0.25, 0.3) is 11.8 Å². The van der Waals surface area contributed by atoms with Gasteiger partial charge < -0.3 is 4.42 Å². The molecule has 0 N–H and O–H groups in total. The van der Waals surface area contributed by atoms with E-state index in [9.17, 15) is 8.78 Å². The van der Waals surface area contributed by atoms with Gasteiger partial charge in [0.05, 0.1) is 18.4 Å². The van der Waals surface area contributed by atoms with E-state index in [1.165, 1.54) is 0 Å². The molecule has 0 spiro atoms. The minimum atomic E-state index is -2.83. The predicted octanol–water partition coefficient (Wildman–Crippen LogP) is 2.47. The molecule has 0 bridgehead atoms. The van der Waals surface area contributed by atoms with E-state index in [0.29, 0.717) is 17.9 Å². The third-order valence-corrected chi connectivity index (χ3v) is 3.64. The van der Waals surface area contributed by atoms with Crippen molar-refractivity contribution in [3.8, 4) is 22.8 Å². The Bertz CT molecular complexity index is 1040. The minimum absolute atomic E-state index is 0.112. The van der Waals surface area contributed by atoms with Crippen LogP contribution in [0.25, 0.3) is 22.8 Å². The fraction of sp³-hybridized carbons (Fsp3) is 0.188. The summed E-state index contributed by atoms with van der Waals surface area (Å²) < 4.78 is 31.4. The highest BCUT2D eigenvalue weighted by molar-refractivity contribution is 5.56. The van der Waals surface area contributed by atoms with Gasteiger partial charge in [-0.1, -0.05) is 5.21 Å². The number of pyridine rings is 1. The van der Waals surface area contributed by atoms with Crippen LogP contribution >= 0.6 is 0 Å². The molecule has 0 fully saturated rings. The molecule has 4 rings (SSSR count). The zero-order valence-electron chi connectivity index (χ0n) is 14.0. The summed E-state index contributed by atoms with van der Waals surface area (Å²) in [5.74, 6) is -0.865. The van der Waals surface area contributed by atoms with Crippen LogP contribution in [-0.2, 0) is 6.54 Å². The summed E-state index contributed by atoms with van der Waals surface area (Å²) in [4.78, 5) is 4.23. The van der Waals surface area contributed by atoms with Gasteiger partial charge in [-0.3, -0.25) is 4.98 Å². The molecular formula is C16H12F2N8O. The molecule has 0 radical (unpaired) electrons. The van der Waals surface area contributed by atoms with Crippen LogP contribution in [0.5, 0.6) is 0 Å². The van der Waals surface area contributed by atoms with E-state index in [-0.39, 0.29) is 11.6 Å². The first kappa shape index (κ1) is 16.8. The van der Waals surface area contributed by atoms with E-state index in [1.807, 2.05) is 19.1 Å². The summed E-state index contributed by atoms with van der Waals surface area (Å²) >= 11 is 0. The van der Waals surface area contributed by atoms with E-state index < -0.39 is 12.3 Å². The standard InChI is InChI=1S/C16H12F2N8O/c1-9-2-3-10(6-19-9)13-8-26(25-22-13)7-11-4-5-12(21-20-11)15-23-24-16(27-15)14(17)18/h2-6,8,14H,7H2,1H3. The number of halogens is 2. The largest absolute Gasteiger partial charge is 0.413 e. The highest BCUT2D eigenvalue weighted by Crippen LogP contribution is 2.21. The number of aromatic nitrogens is 8. The van der Waals surface area contributed by atoms with E-state index >= 15 is 0 Å². The Morgan fingerprint density at radius 1 is 1.00 bits per heavy atom. The van der Waals surface area contributed by atoms with Crippen molar-refractivity contribution in [2.24, 2.45) is 0 Å². The zero-order chi connectivity index (χ0) is 18.8. The van der Waals surface area contributed by atoms with Crippen molar-refractivity contribution in [3.63, 3.8) is 0 Å². The maximum Gasteiger partial charge on any atom is 0.314 e. The molecule has 11 heteroatoms. The van der Waals surface area contributed by atoms with Gasteiger partial charge in [-0.2, -0.15) is 13.9 Å². The Hall–Kier alpha value is -3.63. The minimum Gasteiger partial charge on any atom is -0.413 e. The summed E-state index contributed by atoms with van der Waals surface area (Å²) in [7, 11) is 0. The molecule has 0 aromatic carbocycles. The van der Waals surface area contributed by atoms with Gasteiger partial charge in [0.15, 0.2) is 0 Å². The molecule has 4 heterocycles. The lowest BCUT2D eigenvalue weighted by Crippen LogP contribution is -2.04. The molecule has 4 aromatic heterocycles. The van der Waals surface area contributed by atoms with Crippen molar-refractivity contribution >= 4 is 0 Å². The van der Waals surface area contributed by atoms with Crippen molar-refractivity contribution in [3.05, 3.63) is 53.9 Å². The van der Waals surface area contributed by atoms with Crippen molar-refractivity contribution in [2.75, 3.05) is 0 Å². The molecule has 9 nitrogen and oxygen atoms in total. The van der Waals surface area contributed by atoms with Crippen LogP contribution < -0.4 is 0 Å². The molecule has 136 valence electrons. The van der Waals surface area contributed by atoms with Crippen molar-refractivity contribution < 1.29 is 13.2 Å². The van der Waals surface area contributed by atoms with Gasteiger partial charge in [-0.25, -0.2) is 4.68 Å². The van der Waals surface area contributed by atoms with E-state index in [1.54, 1.807) is 29.2 Å². The molecule has 0 amide bonds. The molecule has 4 aromatic rings. The lowest BCUT2D eigenvalue weighted by Gasteiger charge is -2.00. The maximum atomic E-state index is 12.5. The molecule has 0 atom stereocenters. The second-order valence-corrected chi connectivity index (χ2v) is 5.65. The van der Waals surface area contributed by atoms with Gasteiger partial charge in [0.1, 0.15) is 11.4 Å². The topological polar surface area (TPSA) is 108 Å². The number of aryl methyl sites for hydroxylation is 1. The van der Waals surface area contributed by atoms with Crippen molar-refractivity contribution in [1.29, 1.82) is 0 Å². The Balaban J connectivity index is 1.48. The summed E-state index contributed by atoms with van der Waals surface area (Å²) in [5, 5.41) is 22.9. The smallest absolute Gasteiger partial charge is 0.314 e. The van der Waals surface area contributed by atoms with Gasteiger partial charge in [0, 0.05) is 17.5 Å². The van der Waals surface area contributed by atoms with Gasteiger partial charge in [0.2, 0.25) is 0 Å². The number of rotatable bonds is 5. The van der Waals surface area contributed by atoms with Gasteiger partial charge in [-0.05, 0) is 31.2 Å². The highest BCUT2D eigenvalue weighted by atomic mass is 19.3. The first-order chi connectivity index (χ1) is 13.1. The Kier molecular flexibility index (Phi) is 4.32. The van der Waals surface area contributed by atoms with E-state index in [2.05, 4.69) is 35.7 Å². The van der Waals surface area contributed by atoms with Crippen molar-refractivity contribution in [2.45, 2.75) is 19.9 Å². The number of hydrogen-bond acceptors (Lipinski definition) is 8. The van der Waals surface area contributed by atoms with Crippen LogP contribution in [-0.4, -0.2) is 40.4 Å². The third kappa shape index (κ3) is 3.66. The van der Waals surface area contributed by atoms with Crippen LogP contribution in [0.3, 0.4) is 0 Å². The normalized spacial score (nSPS) is 11.3. The third-order valence-electron chi connectivity index (χ3n) is 3.64. The average molecular weight is 370 g/mol. The Morgan fingerprint density at radius 3 is 2.56 bits per heavy atom. The van der Waals surface area contributed by atoms with E-state index in [0.717, 1.165) is 11.3 Å².